The Kier molecular flexibility index (Phi) is 5.73. The molecule has 0 saturated heterocycles. The van der Waals surface area contributed by atoms with Gasteiger partial charge in [0, 0.05) is 31.9 Å². The second-order valence-electron chi connectivity index (χ2n) is 6.10. The van der Waals surface area contributed by atoms with E-state index in [9.17, 15) is 14.4 Å². The summed E-state index contributed by atoms with van der Waals surface area (Å²) >= 11 is 0. The van der Waals surface area contributed by atoms with Crippen LogP contribution in [-0.2, 0) is 16.6 Å². The maximum absolute atomic E-state index is 12.2. The third kappa shape index (κ3) is 5.61. The zero-order valence-electron chi connectivity index (χ0n) is 14.0. The van der Waals surface area contributed by atoms with E-state index < -0.39 is 17.7 Å². The van der Waals surface area contributed by atoms with E-state index in [4.69, 9.17) is 9.84 Å². The van der Waals surface area contributed by atoms with Crippen molar-refractivity contribution in [3.05, 3.63) is 34.3 Å². The average molecular weight is 322 g/mol. The molecule has 1 aromatic heterocycles. The zero-order valence-corrected chi connectivity index (χ0v) is 14.0. The van der Waals surface area contributed by atoms with E-state index in [0.717, 1.165) is 0 Å². The molecule has 1 amide bonds. The monoisotopic (exact) mass is 322 g/mol. The number of carbonyl (C=O) groups is 2. The minimum absolute atomic E-state index is 0.154. The number of hydrogen-bond donors (Lipinski definition) is 1. The molecule has 1 rings (SSSR count). The predicted molar refractivity (Wildman–Crippen MR) is 87.6 cm³/mol. The Morgan fingerprint density at radius 3 is 2.52 bits per heavy atom. The Balaban J connectivity index is 3.20. The van der Waals surface area contributed by atoms with Crippen molar-refractivity contribution in [2.75, 3.05) is 11.9 Å². The molecule has 0 radical (unpaired) electrons. The number of anilines is 1. The number of aliphatic carboxylic acids is 1. The lowest BCUT2D eigenvalue weighted by Gasteiger charge is -2.25. The molecule has 0 fully saturated rings. The smallest absolute Gasteiger partial charge is 0.414 e. The predicted octanol–water partition coefficient (Wildman–Crippen LogP) is 2.24. The summed E-state index contributed by atoms with van der Waals surface area (Å²) in [5.74, 6) is -0.965. The van der Waals surface area contributed by atoms with E-state index >= 15 is 0 Å². The van der Waals surface area contributed by atoms with Gasteiger partial charge in [0.15, 0.2) is 0 Å². The normalized spacial score (nSPS) is 11.5. The highest BCUT2D eigenvalue weighted by Crippen LogP contribution is 2.21. The lowest BCUT2D eigenvalue weighted by molar-refractivity contribution is -0.135. The van der Waals surface area contributed by atoms with Crippen molar-refractivity contribution in [2.45, 2.75) is 32.8 Å². The number of carboxylic acid groups (broad SMARTS) is 1. The van der Waals surface area contributed by atoms with Gasteiger partial charge in [-0.2, -0.15) is 0 Å². The Morgan fingerprint density at radius 1 is 1.39 bits per heavy atom. The Bertz CT molecular complexity index is 683. The molecule has 23 heavy (non-hydrogen) atoms. The summed E-state index contributed by atoms with van der Waals surface area (Å²) in [6.07, 6.45) is 3.80. The van der Waals surface area contributed by atoms with E-state index in [1.165, 1.54) is 34.9 Å². The zero-order chi connectivity index (χ0) is 17.8. The number of pyridine rings is 1. The van der Waals surface area contributed by atoms with Gasteiger partial charge in [0.05, 0.1) is 12.1 Å². The fourth-order valence-electron chi connectivity index (χ4n) is 1.77. The van der Waals surface area contributed by atoms with Crippen molar-refractivity contribution in [3.8, 4) is 0 Å². The summed E-state index contributed by atoms with van der Waals surface area (Å²) < 4.78 is 6.64. The maximum atomic E-state index is 12.2. The molecule has 0 bridgehead atoms. The maximum Gasteiger partial charge on any atom is 0.414 e. The van der Waals surface area contributed by atoms with Crippen molar-refractivity contribution < 1.29 is 19.4 Å². The van der Waals surface area contributed by atoms with Crippen molar-refractivity contribution >= 4 is 23.8 Å². The van der Waals surface area contributed by atoms with Crippen LogP contribution in [0.5, 0.6) is 0 Å². The highest BCUT2D eigenvalue weighted by molar-refractivity contribution is 5.90. The van der Waals surface area contributed by atoms with Gasteiger partial charge in [0.1, 0.15) is 5.60 Å². The van der Waals surface area contributed by atoms with Gasteiger partial charge in [-0.25, -0.2) is 4.79 Å². The highest BCUT2D eigenvalue weighted by atomic mass is 16.6. The van der Waals surface area contributed by atoms with Crippen molar-refractivity contribution in [1.82, 2.24) is 4.57 Å². The molecule has 0 aliphatic rings. The first-order valence-electron chi connectivity index (χ1n) is 7.07. The van der Waals surface area contributed by atoms with Crippen LogP contribution in [0, 0.1) is 0 Å². The number of aromatic nitrogens is 1. The van der Waals surface area contributed by atoms with Gasteiger partial charge in [-0.05, 0) is 20.8 Å². The molecular formula is C16H22N2O5. The van der Waals surface area contributed by atoms with Crippen LogP contribution in [0.15, 0.2) is 23.1 Å². The number of hydrogen-bond acceptors (Lipinski definition) is 4. The van der Waals surface area contributed by atoms with Crippen LogP contribution in [0.25, 0.3) is 6.08 Å². The fourth-order valence-corrected chi connectivity index (χ4v) is 1.77. The second-order valence-corrected chi connectivity index (χ2v) is 6.10. The van der Waals surface area contributed by atoms with E-state index in [2.05, 4.69) is 0 Å². The van der Waals surface area contributed by atoms with Crippen LogP contribution in [0.3, 0.4) is 0 Å². The topological polar surface area (TPSA) is 88.8 Å². The lowest BCUT2D eigenvalue weighted by Crippen LogP contribution is -2.35. The Labute approximate surface area is 134 Å². The van der Waals surface area contributed by atoms with Gasteiger partial charge in [0.2, 0.25) is 0 Å². The van der Waals surface area contributed by atoms with Crippen LogP contribution in [-0.4, -0.2) is 34.4 Å². The molecule has 0 aliphatic carbocycles. The first-order valence-corrected chi connectivity index (χ1v) is 7.07. The summed E-state index contributed by atoms with van der Waals surface area (Å²) in [5, 5.41) is 8.69. The van der Waals surface area contributed by atoms with Crippen LogP contribution < -0.4 is 10.5 Å². The SMILES string of the molecule is CN(C(=O)OC(C)(C)C)c1cc(=O)n(C)cc1/C=C/CC(=O)O. The molecule has 1 N–H and O–H groups in total. The van der Waals surface area contributed by atoms with Crippen LogP contribution in [0.2, 0.25) is 0 Å². The molecule has 0 spiro atoms. The van der Waals surface area contributed by atoms with Gasteiger partial charge in [-0.15, -0.1) is 0 Å². The van der Waals surface area contributed by atoms with E-state index in [1.54, 1.807) is 33.9 Å². The number of amides is 1. The fraction of sp³-hybridized carbons (Fsp3) is 0.438. The standard InChI is InChI=1S/C16H22N2O5/c1-16(2,3)23-15(22)18(5)12-9-13(19)17(4)10-11(12)7-6-8-14(20)21/h6-7,9-10H,8H2,1-5H3,(H,20,21)/b7-6+. The number of ether oxygens (including phenoxy) is 1. The largest absolute Gasteiger partial charge is 0.481 e. The molecule has 0 unspecified atom stereocenters. The first kappa shape index (κ1) is 18.5. The van der Waals surface area contributed by atoms with Crippen LogP contribution >= 0.6 is 0 Å². The number of carboxylic acids is 1. The van der Waals surface area contributed by atoms with Crippen LogP contribution in [0.4, 0.5) is 10.5 Å². The lowest BCUT2D eigenvalue weighted by atomic mass is 10.2. The van der Waals surface area contributed by atoms with Gasteiger partial charge in [-0.3, -0.25) is 14.5 Å². The average Bonchev–Trinajstić information content (AvgIpc) is 2.39. The summed E-state index contributed by atoms with van der Waals surface area (Å²) in [6.45, 7) is 5.24. The molecule has 1 heterocycles. The summed E-state index contributed by atoms with van der Waals surface area (Å²) in [4.78, 5) is 35.9. The van der Waals surface area contributed by atoms with Gasteiger partial charge in [-0.1, -0.05) is 12.2 Å². The first-order chi connectivity index (χ1) is 10.5. The molecule has 0 saturated carbocycles. The molecule has 7 nitrogen and oxygen atoms in total. The van der Waals surface area contributed by atoms with Gasteiger partial charge < -0.3 is 14.4 Å². The second kappa shape index (κ2) is 7.13. The third-order valence-corrected chi connectivity index (χ3v) is 2.85. The van der Waals surface area contributed by atoms with Crippen molar-refractivity contribution in [2.24, 2.45) is 7.05 Å². The number of carbonyl (C=O) groups excluding carboxylic acids is 1. The quantitative estimate of drug-likeness (QED) is 0.918. The molecule has 1 aromatic rings. The van der Waals surface area contributed by atoms with E-state index in [1.807, 2.05) is 0 Å². The van der Waals surface area contributed by atoms with Gasteiger partial charge in [0.25, 0.3) is 5.56 Å². The Morgan fingerprint density at radius 2 is 2.00 bits per heavy atom. The summed E-state index contributed by atoms with van der Waals surface area (Å²) in [6, 6.07) is 1.31. The Hall–Kier alpha value is -2.57. The third-order valence-electron chi connectivity index (χ3n) is 2.85. The molecule has 126 valence electrons. The summed E-state index contributed by atoms with van der Waals surface area (Å²) in [7, 11) is 3.07. The minimum Gasteiger partial charge on any atom is -0.481 e. The highest BCUT2D eigenvalue weighted by Gasteiger charge is 2.22. The van der Waals surface area contributed by atoms with E-state index in [0.29, 0.717) is 11.3 Å². The molecule has 0 aliphatic heterocycles. The van der Waals surface area contributed by atoms with Gasteiger partial charge >= 0.3 is 12.1 Å². The number of rotatable bonds is 4. The number of nitrogens with zero attached hydrogens (tertiary/aromatic N) is 2. The molecule has 0 atom stereocenters. The van der Waals surface area contributed by atoms with Crippen molar-refractivity contribution in [3.63, 3.8) is 0 Å². The molecule has 0 aromatic carbocycles. The minimum atomic E-state index is -0.965. The van der Waals surface area contributed by atoms with Crippen LogP contribution in [0.1, 0.15) is 32.8 Å². The summed E-state index contributed by atoms with van der Waals surface area (Å²) in [5.41, 5.74) is -0.0544. The van der Waals surface area contributed by atoms with Crippen molar-refractivity contribution in [1.29, 1.82) is 0 Å². The molecular weight excluding hydrogens is 300 g/mol. The number of aryl methyl sites for hydroxylation is 1. The molecule has 7 heteroatoms. The van der Waals surface area contributed by atoms with E-state index in [-0.39, 0.29) is 12.0 Å².